The van der Waals surface area contributed by atoms with E-state index < -0.39 is 245 Å². The van der Waals surface area contributed by atoms with Crippen LogP contribution in [0.1, 0.15) is 240 Å². The molecule has 1 aromatic carbocycles. The van der Waals surface area contributed by atoms with Crippen LogP contribution >= 0.6 is 0 Å². The maximum atomic E-state index is 15.2. The number of esters is 4. The Balaban J connectivity index is 4.20. The van der Waals surface area contributed by atoms with Crippen LogP contribution in [0.2, 0.25) is 0 Å². The number of ether oxygens (including phenoxy) is 6. The number of nitrogens with zero attached hydrogens (tertiary/aromatic N) is 4. The maximum Gasteiger partial charge on any atom is 0.421 e. The van der Waals surface area contributed by atoms with E-state index in [1.165, 1.54) is 79.7 Å². The number of para-hydroxylation sites is 1. The molecule has 112 heavy (non-hydrogen) atoms. The number of carbonyl (C=O) groups excluding carboxylic acids is 17. The first-order valence-corrected chi connectivity index (χ1v) is 37.3. The van der Waals surface area contributed by atoms with Gasteiger partial charge in [0.2, 0.25) is 47.8 Å². The molecule has 8 N–H and O–H groups in total. The highest BCUT2D eigenvalue weighted by Crippen LogP contribution is 2.30. The first-order chi connectivity index (χ1) is 51.4. The number of alkyl carbamates (subject to hydrolysis) is 1. The molecule has 628 valence electrons. The predicted molar refractivity (Wildman–Crippen MR) is 409 cm³/mol. The first kappa shape index (κ1) is 99.9. The van der Waals surface area contributed by atoms with Crippen LogP contribution < -0.4 is 47.4 Å². The molecule has 10 amide bonds. The minimum atomic E-state index is -2.21. The van der Waals surface area contributed by atoms with Gasteiger partial charge in [0.25, 0.3) is 0 Å². The lowest BCUT2D eigenvalue weighted by Crippen LogP contribution is -2.58. The lowest BCUT2D eigenvalue weighted by molar-refractivity contribution is -0.159. The molecule has 0 spiro atoms. The van der Waals surface area contributed by atoms with Gasteiger partial charge in [0, 0.05) is 48.0 Å². The Kier molecular flexibility index (Phi) is 40.0. The Morgan fingerprint density at radius 1 is 0.536 bits per heavy atom. The van der Waals surface area contributed by atoms with Crippen molar-refractivity contribution in [3.63, 3.8) is 0 Å². The van der Waals surface area contributed by atoms with Crippen molar-refractivity contribution in [2.24, 2.45) is 33.7 Å². The highest BCUT2D eigenvalue weighted by Gasteiger charge is 2.41. The number of hydrogen-bond acceptors (Lipinski definition) is 24. The molecule has 0 saturated carbocycles. The second-order valence-electron chi connectivity index (χ2n) is 33.9. The summed E-state index contributed by atoms with van der Waals surface area (Å²) in [5.41, 5.74) is 3.40. The van der Waals surface area contributed by atoms with Gasteiger partial charge in [-0.25, -0.2) is 19.3 Å². The van der Waals surface area contributed by atoms with E-state index in [2.05, 4.69) is 57.3 Å². The zero-order valence-corrected chi connectivity index (χ0v) is 69.6. The minimum Gasteiger partial charge on any atom is -0.468 e. The highest BCUT2D eigenvalue weighted by molar-refractivity contribution is 6.12. The van der Waals surface area contributed by atoms with E-state index >= 15 is 9.59 Å². The van der Waals surface area contributed by atoms with Gasteiger partial charge in [-0.3, -0.25) is 67.1 Å². The van der Waals surface area contributed by atoms with E-state index in [0.717, 1.165) is 14.0 Å². The quantitative estimate of drug-likeness (QED) is 0.00608. The molecule has 0 heterocycles. The van der Waals surface area contributed by atoms with Crippen LogP contribution in [0.25, 0.3) is 10.4 Å². The van der Waals surface area contributed by atoms with Gasteiger partial charge in [0.05, 0.1) is 37.8 Å². The van der Waals surface area contributed by atoms with Gasteiger partial charge in [-0.15, -0.1) is 0 Å². The summed E-state index contributed by atoms with van der Waals surface area (Å²) in [6, 6.07) is -6.32. The number of anilines is 1. The van der Waals surface area contributed by atoms with Gasteiger partial charge in [-0.05, 0) is 157 Å². The Morgan fingerprint density at radius 3 is 1.59 bits per heavy atom. The van der Waals surface area contributed by atoms with Crippen molar-refractivity contribution in [2.45, 2.75) is 301 Å². The Hall–Kier alpha value is -10.1. The zero-order valence-electron chi connectivity index (χ0n) is 69.6. The topological polar surface area (TPSA) is 494 Å². The van der Waals surface area contributed by atoms with E-state index in [9.17, 15) is 77.4 Å². The summed E-state index contributed by atoms with van der Waals surface area (Å²) >= 11 is 0. The standard InChI is InChI=1S/C77H122N12O23/c1-25-27-31-50(56(92)34-46(38-72(6,7)8)64(99)81-44(4)63(98)84-53(39-73(9,10)11)66(101)80-41-61(97)107-24)82-58(94)40-79-68(103)62(86-67(102)51(87-88-78)37-60(96)110-75(15,16)17)45(5)108-69(104)52(36-55(91)47-30-28-29-32-54(47)89(42-90)71(106)112-77(21,22)23)83-65(100)48(43(3)33-59(95)109-74(12,13)14)35-57(93)49(26-2)85-70(105)111-76(18,19)20/h28-30,32,42-46,48-53,62H,25-27,31,33-41H2,1-24H3,(H,79,103)(H,80,101)(H,81,99)(H,82,94)(H,83,100)(H,84,98)(H,85,105)(H,86,102)/t43-,44-,45-,46+,48+,49-,50+,51+,52+,53+,62+/m1/s1. The molecule has 0 fully saturated rings. The van der Waals surface area contributed by atoms with Crippen molar-refractivity contribution >= 4 is 107 Å². The van der Waals surface area contributed by atoms with Crippen molar-refractivity contribution < 1.29 is 110 Å². The van der Waals surface area contributed by atoms with Gasteiger partial charge in [0.1, 0.15) is 65.3 Å². The summed E-state index contributed by atoms with van der Waals surface area (Å²) < 4.78 is 32.2. The SMILES string of the molecule is CCCC[C@H](NC(=O)CNC(=O)[C@@H](NC(=O)[C@H](CC(=O)OC(C)(C)C)N=[N+]=[N-])[C@@H](C)OC(=O)[C@H](CC(=O)c1ccccc1N(C=O)C(=O)OC(C)(C)C)NC(=O)[C@@H](CC(=O)[C@@H](CC)NC(=O)OC(C)(C)C)[C@H](C)CC(=O)OC(C)(C)C)C(=O)C[C@@H](CC(C)(C)C)C(=O)N[C@H](C)C(=O)N[C@@H](CC(C)(C)C)C(=O)NCC(=O)OC. The summed E-state index contributed by atoms with van der Waals surface area (Å²) in [5.74, 6) is -17.5. The average molecular weight is 1580 g/mol. The van der Waals surface area contributed by atoms with Gasteiger partial charge >= 0.3 is 36.1 Å². The van der Waals surface area contributed by atoms with Crippen LogP contribution in [0.4, 0.5) is 15.3 Å². The molecule has 0 aliphatic carbocycles. The van der Waals surface area contributed by atoms with Crippen molar-refractivity contribution in [1.29, 1.82) is 0 Å². The lowest BCUT2D eigenvalue weighted by Gasteiger charge is -2.30. The van der Waals surface area contributed by atoms with Gasteiger partial charge in [-0.1, -0.05) is 92.4 Å². The summed E-state index contributed by atoms with van der Waals surface area (Å²) in [6.07, 6.45) is -6.86. The predicted octanol–water partition coefficient (Wildman–Crippen LogP) is 7.23. The van der Waals surface area contributed by atoms with Crippen LogP contribution in [-0.4, -0.2) is 192 Å². The molecule has 0 bridgehead atoms. The van der Waals surface area contributed by atoms with E-state index in [1.807, 2.05) is 41.5 Å². The average Bonchev–Trinajstić information content (AvgIpc) is 0.783. The van der Waals surface area contributed by atoms with E-state index in [4.69, 9.17) is 23.7 Å². The smallest absolute Gasteiger partial charge is 0.421 e. The zero-order chi connectivity index (χ0) is 86.4. The molecular weight excluding hydrogens is 1460 g/mol. The van der Waals surface area contributed by atoms with Gasteiger partial charge in [0.15, 0.2) is 17.3 Å². The van der Waals surface area contributed by atoms with E-state index in [1.54, 1.807) is 55.4 Å². The second-order valence-corrected chi connectivity index (χ2v) is 33.9. The molecule has 1 aromatic rings. The number of nitrogens with one attached hydrogen (secondary N) is 8. The molecule has 0 radical (unpaired) electrons. The number of hydrogen-bond donors (Lipinski definition) is 8. The van der Waals surface area contributed by atoms with Crippen LogP contribution in [0, 0.1) is 28.6 Å². The van der Waals surface area contributed by atoms with Crippen molar-refractivity contribution in [3.8, 4) is 0 Å². The number of ketones is 3. The third-order valence-electron chi connectivity index (χ3n) is 16.1. The maximum absolute atomic E-state index is 15.2. The number of amides is 10. The number of carbonyl (C=O) groups is 17. The number of imide groups is 1. The Bertz CT molecular complexity index is 3550. The molecule has 0 aromatic heterocycles. The molecule has 11 atom stereocenters. The van der Waals surface area contributed by atoms with Crippen molar-refractivity contribution in [3.05, 3.63) is 40.3 Å². The van der Waals surface area contributed by atoms with Crippen LogP contribution in [0.15, 0.2) is 29.4 Å². The summed E-state index contributed by atoms with van der Waals surface area (Å²) in [6.45, 7) is 35.2. The highest BCUT2D eigenvalue weighted by atomic mass is 16.6. The van der Waals surface area contributed by atoms with Gasteiger partial charge < -0.3 is 71.0 Å². The van der Waals surface area contributed by atoms with Crippen LogP contribution in [0.3, 0.4) is 0 Å². The van der Waals surface area contributed by atoms with E-state index in [0.29, 0.717) is 17.7 Å². The number of benzene rings is 1. The van der Waals surface area contributed by atoms with E-state index in [-0.39, 0.29) is 37.8 Å². The second kappa shape index (κ2) is 44.8. The van der Waals surface area contributed by atoms with Crippen molar-refractivity contribution in [2.75, 3.05) is 25.1 Å². The monoisotopic (exact) mass is 1580 g/mol. The van der Waals surface area contributed by atoms with Crippen molar-refractivity contribution in [1.82, 2.24) is 42.5 Å². The van der Waals surface area contributed by atoms with Crippen LogP contribution in [0.5, 0.6) is 0 Å². The normalized spacial score (nSPS) is 14.8. The fourth-order valence-corrected chi connectivity index (χ4v) is 11.0. The molecule has 0 aliphatic heterocycles. The summed E-state index contributed by atoms with van der Waals surface area (Å²) in [4.78, 5) is 239. The largest absolute Gasteiger partial charge is 0.468 e. The summed E-state index contributed by atoms with van der Waals surface area (Å²) in [5, 5.41) is 23.3. The molecule has 0 aliphatic rings. The Morgan fingerprint density at radius 2 is 1.07 bits per heavy atom. The number of rotatable bonds is 42. The first-order valence-electron chi connectivity index (χ1n) is 37.3. The fourth-order valence-electron chi connectivity index (χ4n) is 11.0. The third kappa shape index (κ3) is 39.2. The van der Waals surface area contributed by atoms with Crippen LogP contribution in [-0.2, 0) is 95.5 Å². The third-order valence-corrected chi connectivity index (χ3v) is 16.1. The summed E-state index contributed by atoms with van der Waals surface area (Å²) in [7, 11) is 1.14. The number of methoxy groups -OCH3 is 1. The Labute approximate surface area is 656 Å². The molecular formula is C77H122N12O23. The molecule has 0 saturated heterocycles. The molecule has 1 rings (SSSR count). The molecule has 0 unspecified atom stereocenters. The van der Waals surface area contributed by atoms with Gasteiger partial charge in [-0.2, -0.15) is 0 Å². The fraction of sp³-hybridized carbons (Fsp3) is 0.701. The number of unbranched alkanes of at least 4 members (excludes halogenated alkanes) is 1. The molecule has 35 nitrogen and oxygen atoms in total. The number of Topliss-reactive ketones (excluding diaryl/α,β-unsaturated/α-hetero) is 3. The minimum absolute atomic E-state index is 0.0180. The number of azide groups is 1. The lowest BCUT2D eigenvalue weighted by atomic mass is 9.81. The molecule has 35 heteroatoms.